The summed E-state index contributed by atoms with van der Waals surface area (Å²) < 4.78 is 0. The molecule has 1 atom stereocenters. The van der Waals surface area contributed by atoms with Crippen LogP contribution in [0.25, 0.3) is 0 Å². The van der Waals surface area contributed by atoms with Gasteiger partial charge in [0.2, 0.25) is 0 Å². The molecule has 4 heteroatoms. The zero-order chi connectivity index (χ0) is 13.6. The van der Waals surface area contributed by atoms with Crippen LogP contribution in [0.3, 0.4) is 0 Å². The standard InChI is InChI=1S/C15H31NO2.Na/c1-3-5-6-7-8-9-10-11-14(4-2)16-13-12-15(17)18;/h14,16H,3-13H2,1-2H3,(H,17,18);/q;+1/p-1. The Bertz CT molecular complexity index is 201. The molecule has 0 aromatic rings. The smallest absolute Gasteiger partial charge is 0.550 e. The number of carbonyl (C=O) groups is 1. The van der Waals surface area contributed by atoms with Crippen LogP contribution in [0.4, 0.5) is 0 Å². The molecular weight excluding hydrogens is 249 g/mol. The van der Waals surface area contributed by atoms with Crippen molar-refractivity contribution >= 4 is 5.97 Å². The number of nitrogens with one attached hydrogen (secondary N) is 1. The molecular formula is C15H30NNaO2. The van der Waals surface area contributed by atoms with E-state index in [2.05, 4.69) is 19.2 Å². The van der Waals surface area contributed by atoms with Crippen LogP contribution < -0.4 is 40.0 Å². The van der Waals surface area contributed by atoms with Crippen LogP contribution in [-0.2, 0) is 4.79 Å². The quantitative estimate of drug-likeness (QED) is 0.370. The minimum atomic E-state index is -0.965. The summed E-state index contributed by atoms with van der Waals surface area (Å²) >= 11 is 0. The summed E-state index contributed by atoms with van der Waals surface area (Å²) in [4.78, 5) is 10.3. The number of hydrogen-bond acceptors (Lipinski definition) is 3. The van der Waals surface area contributed by atoms with Gasteiger partial charge in [0.25, 0.3) is 0 Å². The fourth-order valence-corrected chi connectivity index (χ4v) is 2.18. The zero-order valence-corrected chi connectivity index (χ0v) is 15.2. The Hall–Kier alpha value is 0.430. The van der Waals surface area contributed by atoms with E-state index in [4.69, 9.17) is 0 Å². The number of hydrogen-bond donors (Lipinski definition) is 1. The number of unbranched alkanes of at least 4 members (excludes halogenated alkanes) is 6. The Kier molecular flexibility index (Phi) is 18.8. The third kappa shape index (κ3) is 16.4. The Morgan fingerprint density at radius 3 is 2.16 bits per heavy atom. The van der Waals surface area contributed by atoms with Crippen molar-refractivity contribution in [2.75, 3.05) is 6.54 Å². The Morgan fingerprint density at radius 2 is 1.63 bits per heavy atom. The number of carboxylic acids is 1. The second-order valence-corrected chi connectivity index (χ2v) is 5.09. The van der Waals surface area contributed by atoms with E-state index in [0.717, 1.165) is 12.8 Å². The van der Waals surface area contributed by atoms with Gasteiger partial charge in [-0.3, -0.25) is 0 Å². The molecule has 3 nitrogen and oxygen atoms in total. The first-order valence-corrected chi connectivity index (χ1v) is 7.63. The minimum absolute atomic E-state index is 0. The van der Waals surface area contributed by atoms with Crippen molar-refractivity contribution < 1.29 is 39.5 Å². The van der Waals surface area contributed by atoms with E-state index in [1.165, 1.54) is 44.9 Å². The van der Waals surface area contributed by atoms with Gasteiger partial charge in [-0.2, -0.15) is 0 Å². The Labute approximate surface area is 141 Å². The van der Waals surface area contributed by atoms with Crippen LogP contribution in [0.2, 0.25) is 0 Å². The molecule has 0 fully saturated rings. The van der Waals surface area contributed by atoms with Gasteiger partial charge in [0, 0.05) is 18.6 Å². The van der Waals surface area contributed by atoms with Crippen molar-refractivity contribution in [3.8, 4) is 0 Å². The molecule has 0 aromatic heterocycles. The first-order chi connectivity index (χ1) is 8.70. The fourth-order valence-electron chi connectivity index (χ4n) is 2.18. The topological polar surface area (TPSA) is 52.2 Å². The van der Waals surface area contributed by atoms with Crippen LogP contribution in [0, 0.1) is 0 Å². The van der Waals surface area contributed by atoms with Crippen LogP contribution >= 0.6 is 0 Å². The van der Waals surface area contributed by atoms with Crippen molar-refractivity contribution in [1.29, 1.82) is 0 Å². The van der Waals surface area contributed by atoms with E-state index in [-0.39, 0.29) is 36.0 Å². The second kappa shape index (κ2) is 16.5. The molecule has 0 rings (SSSR count). The van der Waals surface area contributed by atoms with Crippen LogP contribution in [-0.4, -0.2) is 18.6 Å². The molecule has 0 aromatic carbocycles. The van der Waals surface area contributed by atoms with Gasteiger partial charge in [-0.05, 0) is 19.3 Å². The Morgan fingerprint density at radius 1 is 1.05 bits per heavy atom. The number of aliphatic carboxylic acids is 1. The van der Waals surface area contributed by atoms with Gasteiger partial charge in [-0.15, -0.1) is 0 Å². The predicted octanol–water partition coefficient (Wildman–Crippen LogP) is -0.361. The van der Waals surface area contributed by atoms with E-state index in [1.807, 2.05) is 0 Å². The van der Waals surface area contributed by atoms with Crippen LogP contribution in [0.15, 0.2) is 0 Å². The number of carboxylic acid groups (broad SMARTS) is 1. The van der Waals surface area contributed by atoms with Crippen LogP contribution in [0.5, 0.6) is 0 Å². The molecule has 1 N–H and O–H groups in total. The normalized spacial score (nSPS) is 11.9. The van der Waals surface area contributed by atoms with Gasteiger partial charge in [0.05, 0.1) is 0 Å². The fraction of sp³-hybridized carbons (Fsp3) is 0.933. The minimum Gasteiger partial charge on any atom is -0.550 e. The third-order valence-corrected chi connectivity index (χ3v) is 3.41. The summed E-state index contributed by atoms with van der Waals surface area (Å²) in [6.07, 6.45) is 11.7. The molecule has 0 aliphatic carbocycles. The van der Waals surface area contributed by atoms with Crippen molar-refractivity contribution in [2.45, 2.75) is 84.1 Å². The maximum absolute atomic E-state index is 10.3. The van der Waals surface area contributed by atoms with E-state index in [1.54, 1.807) is 0 Å². The van der Waals surface area contributed by atoms with Crippen LogP contribution in [0.1, 0.15) is 78.1 Å². The molecule has 0 amide bonds. The van der Waals surface area contributed by atoms with Gasteiger partial charge in [-0.1, -0.05) is 58.8 Å². The first kappa shape index (κ1) is 21.7. The van der Waals surface area contributed by atoms with Gasteiger partial charge < -0.3 is 15.2 Å². The maximum atomic E-state index is 10.3. The molecule has 108 valence electrons. The summed E-state index contributed by atoms with van der Waals surface area (Å²) in [5.74, 6) is -0.965. The molecule has 0 aliphatic heterocycles. The van der Waals surface area contributed by atoms with Gasteiger partial charge >= 0.3 is 29.6 Å². The summed E-state index contributed by atoms with van der Waals surface area (Å²) in [5, 5.41) is 13.6. The van der Waals surface area contributed by atoms with Gasteiger partial charge in [0.15, 0.2) is 0 Å². The molecule has 0 radical (unpaired) electrons. The van der Waals surface area contributed by atoms with Gasteiger partial charge in [-0.25, -0.2) is 0 Å². The third-order valence-electron chi connectivity index (χ3n) is 3.41. The molecule has 0 bridgehead atoms. The van der Waals surface area contributed by atoms with Crippen molar-refractivity contribution in [3.05, 3.63) is 0 Å². The monoisotopic (exact) mass is 279 g/mol. The summed E-state index contributed by atoms with van der Waals surface area (Å²) in [6, 6.07) is 0.472. The maximum Gasteiger partial charge on any atom is 1.00 e. The van der Waals surface area contributed by atoms with E-state index < -0.39 is 5.97 Å². The molecule has 0 saturated carbocycles. The second-order valence-electron chi connectivity index (χ2n) is 5.09. The van der Waals surface area contributed by atoms with E-state index in [0.29, 0.717) is 12.6 Å². The van der Waals surface area contributed by atoms with Crippen molar-refractivity contribution in [2.24, 2.45) is 0 Å². The van der Waals surface area contributed by atoms with E-state index in [9.17, 15) is 9.90 Å². The van der Waals surface area contributed by atoms with Crippen molar-refractivity contribution in [1.82, 2.24) is 5.32 Å². The zero-order valence-electron chi connectivity index (χ0n) is 13.2. The number of rotatable bonds is 13. The summed E-state index contributed by atoms with van der Waals surface area (Å²) in [7, 11) is 0. The molecule has 0 heterocycles. The molecule has 19 heavy (non-hydrogen) atoms. The SMILES string of the molecule is CCCCCCCCCC(CC)NCCC(=O)[O-].[Na+]. The van der Waals surface area contributed by atoms with E-state index >= 15 is 0 Å². The number of carbonyl (C=O) groups excluding carboxylic acids is 1. The molecule has 1 unspecified atom stereocenters. The average molecular weight is 279 g/mol. The molecule has 0 saturated heterocycles. The Balaban J connectivity index is 0. The predicted molar refractivity (Wildman–Crippen MR) is 74.3 cm³/mol. The summed E-state index contributed by atoms with van der Waals surface area (Å²) in [5.41, 5.74) is 0. The molecule has 0 spiro atoms. The van der Waals surface area contributed by atoms with Crippen molar-refractivity contribution in [3.63, 3.8) is 0 Å². The summed E-state index contributed by atoms with van der Waals surface area (Å²) in [6.45, 7) is 4.93. The first-order valence-electron chi connectivity index (χ1n) is 7.63. The average Bonchev–Trinajstić information content (AvgIpc) is 2.35. The molecule has 0 aliphatic rings. The van der Waals surface area contributed by atoms with Gasteiger partial charge in [0.1, 0.15) is 0 Å². The largest absolute Gasteiger partial charge is 1.00 e.